The molecule has 44 heavy (non-hydrogen) atoms. The number of aromatic amines is 1. The minimum atomic E-state index is -0.559. The summed E-state index contributed by atoms with van der Waals surface area (Å²) in [5.74, 6) is 0.796. The molecule has 4 aromatic rings. The smallest absolute Gasteiger partial charge is 0.258 e. The van der Waals surface area contributed by atoms with Crippen LogP contribution in [0.5, 0.6) is 23.0 Å². The Morgan fingerprint density at radius 3 is 2.61 bits per heavy atom. The number of hydrogen-bond donors (Lipinski definition) is 3. The molecule has 228 valence electrons. The van der Waals surface area contributed by atoms with E-state index in [0.717, 1.165) is 27.7 Å². The Morgan fingerprint density at radius 1 is 0.977 bits per heavy atom. The van der Waals surface area contributed by atoms with E-state index in [0.29, 0.717) is 22.8 Å². The molecule has 0 saturated carbocycles. The molecular weight excluding hydrogens is 564 g/mol. The molecule has 3 aliphatic heterocycles. The van der Waals surface area contributed by atoms with Crippen molar-refractivity contribution < 1.29 is 33.3 Å². The van der Waals surface area contributed by atoms with Crippen molar-refractivity contribution in [1.29, 1.82) is 0 Å². The number of amides is 3. The zero-order valence-corrected chi connectivity index (χ0v) is 24.8. The number of methoxy groups -OCH3 is 2. The molecule has 7 rings (SSSR count). The first-order chi connectivity index (χ1) is 21.3. The molecule has 0 spiro atoms. The molecular formula is C33H34N4O7. The van der Waals surface area contributed by atoms with Gasteiger partial charge in [0.05, 0.1) is 33.2 Å². The van der Waals surface area contributed by atoms with E-state index in [9.17, 15) is 14.4 Å². The van der Waals surface area contributed by atoms with Crippen LogP contribution in [0.3, 0.4) is 0 Å². The molecule has 4 bridgehead atoms. The van der Waals surface area contributed by atoms with Crippen LogP contribution in [0.25, 0.3) is 10.9 Å². The van der Waals surface area contributed by atoms with Gasteiger partial charge in [-0.15, -0.1) is 0 Å². The summed E-state index contributed by atoms with van der Waals surface area (Å²) in [5.41, 5.74) is 3.99. The second-order valence-corrected chi connectivity index (χ2v) is 10.9. The van der Waals surface area contributed by atoms with E-state index in [1.54, 1.807) is 29.2 Å². The number of likely N-dealkylation sites (tertiary alicyclic amines) is 1. The van der Waals surface area contributed by atoms with Crippen LogP contribution in [-0.4, -0.2) is 73.7 Å². The standard InChI is InChI=1S/C33H34N4O7/c1-19-23(22-6-4-5-7-24(22)35-19)14-32(39)37-16-25-30(17-37)44-27-10-8-20(12-28(27)42-3)15-34-31(38)18-43-29-13-21(33(40)36-25)9-11-26(29)41-2/h4-13,25,30,35H,14-18H2,1-3H3,(H,34,38)(H,36,40)/t25-,30-/m0/s1. The highest BCUT2D eigenvalue weighted by Gasteiger charge is 2.39. The van der Waals surface area contributed by atoms with Crippen molar-refractivity contribution in [2.45, 2.75) is 32.0 Å². The van der Waals surface area contributed by atoms with Crippen LogP contribution in [0.2, 0.25) is 0 Å². The summed E-state index contributed by atoms with van der Waals surface area (Å²) in [7, 11) is 3.02. The third kappa shape index (κ3) is 5.85. The number of aryl methyl sites for hydroxylation is 1. The number of H-pyrrole nitrogens is 1. The van der Waals surface area contributed by atoms with Gasteiger partial charge in [0.25, 0.3) is 11.8 Å². The summed E-state index contributed by atoms with van der Waals surface area (Å²) < 4.78 is 23.2. The normalized spacial score (nSPS) is 18.5. The summed E-state index contributed by atoms with van der Waals surface area (Å²) in [5, 5.41) is 6.90. The van der Waals surface area contributed by atoms with E-state index >= 15 is 0 Å². The van der Waals surface area contributed by atoms with Crippen LogP contribution >= 0.6 is 0 Å². The lowest BCUT2D eigenvalue weighted by Gasteiger charge is -2.22. The number of aromatic nitrogens is 1. The predicted octanol–water partition coefficient (Wildman–Crippen LogP) is 3.13. The molecule has 11 heteroatoms. The molecule has 0 aliphatic carbocycles. The molecule has 11 nitrogen and oxygen atoms in total. The van der Waals surface area contributed by atoms with Gasteiger partial charge in [0.2, 0.25) is 5.91 Å². The summed E-state index contributed by atoms with van der Waals surface area (Å²) in [6.07, 6.45) is -0.345. The van der Waals surface area contributed by atoms with E-state index in [4.69, 9.17) is 18.9 Å². The Bertz CT molecular complexity index is 1730. The fraction of sp³-hybridized carbons (Fsp3) is 0.303. The molecule has 1 aromatic heterocycles. The van der Waals surface area contributed by atoms with Crippen molar-refractivity contribution >= 4 is 28.6 Å². The van der Waals surface area contributed by atoms with E-state index < -0.39 is 12.1 Å². The van der Waals surface area contributed by atoms with Crippen LogP contribution in [0.1, 0.15) is 27.2 Å². The van der Waals surface area contributed by atoms with E-state index in [1.165, 1.54) is 20.3 Å². The molecule has 3 N–H and O–H groups in total. The average Bonchev–Trinajstić information content (AvgIpc) is 3.58. The number of fused-ring (bicyclic) bond motifs is 8. The summed E-state index contributed by atoms with van der Waals surface area (Å²) in [6.45, 7) is 2.47. The maximum Gasteiger partial charge on any atom is 0.258 e. The zero-order valence-electron chi connectivity index (χ0n) is 24.8. The van der Waals surface area contributed by atoms with Gasteiger partial charge in [0.15, 0.2) is 29.6 Å². The van der Waals surface area contributed by atoms with Gasteiger partial charge in [-0.1, -0.05) is 24.3 Å². The molecule has 0 unspecified atom stereocenters. The fourth-order valence-electron chi connectivity index (χ4n) is 5.72. The van der Waals surface area contributed by atoms with E-state index in [-0.39, 0.29) is 56.1 Å². The number of nitrogens with zero attached hydrogens (tertiary/aromatic N) is 1. The first-order valence-corrected chi connectivity index (χ1v) is 14.4. The highest BCUT2D eigenvalue weighted by Crippen LogP contribution is 2.32. The van der Waals surface area contributed by atoms with Gasteiger partial charge in [-0.2, -0.15) is 0 Å². The second kappa shape index (κ2) is 12.2. The quantitative estimate of drug-likeness (QED) is 0.329. The molecule has 1 saturated heterocycles. The van der Waals surface area contributed by atoms with Crippen molar-refractivity contribution in [3.8, 4) is 23.0 Å². The second-order valence-electron chi connectivity index (χ2n) is 10.9. The van der Waals surface area contributed by atoms with Gasteiger partial charge >= 0.3 is 0 Å². The third-order valence-electron chi connectivity index (χ3n) is 8.07. The fourth-order valence-corrected chi connectivity index (χ4v) is 5.72. The van der Waals surface area contributed by atoms with Gasteiger partial charge in [0.1, 0.15) is 6.10 Å². The first kappa shape index (κ1) is 28.9. The summed E-state index contributed by atoms with van der Waals surface area (Å²) >= 11 is 0. The number of carbonyl (C=O) groups excluding carboxylic acids is 3. The van der Waals surface area contributed by atoms with Crippen molar-refractivity contribution in [2.24, 2.45) is 0 Å². The lowest BCUT2D eigenvalue weighted by molar-refractivity contribution is -0.129. The number of hydrogen-bond acceptors (Lipinski definition) is 7. The predicted molar refractivity (Wildman–Crippen MR) is 162 cm³/mol. The van der Waals surface area contributed by atoms with Gasteiger partial charge in [0, 0.05) is 35.2 Å². The average molecular weight is 599 g/mol. The Hall–Kier alpha value is -5.19. The van der Waals surface area contributed by atoms with Crippen molar-refractivity contribution in [3.05, 3.63) is 83.0 Å². The zero-order chi connectivity index (χ0) is 30.8. The SMILES string of the molecule is COc1ccc2cc1OCC(=O)NCc1ccc(c(OC)c1)O[C@H]1CN(C(=O)Cc3c(C)[nH]c4ccccc34)C[C@@H]1NC2=O. The van der Waals surface area contributed by atoms with Crippen molar-refractivity contribution in [3.63, 3.8) is 0 Å². The molecule has 3 amide bonds. The molecule has 1 fully saturated rings. The lowest BCUT2D eigenvalue weighted by atomic mass is 10.1. The third-order valence-corrected chi connectivity index (χ3v) is 8.07. The van der Waals surface area contributed by atoms with Crippen molar-refractivity contribution in [1.82, 2.24) is 20.5 Å². The Balaban J connectivity index is 1.31. The van der Waals surface area contributed by atoms with Crippen LogP contribution in [-0.2, 0) is 22.6 Å². The number of benzene rings is 3. The maximum absolute atomic E-state index is 13.7. The van der Waals surface area contributed by atoms with E-state index in [1.807, 2.05) is 37.3 Å². The minimum Gasteiger partial charge on any atom is -0.493 e. The van der Waals surface area contributed by atoms with Gasteiger partial charge in [-0.05, 0) is 54.4 Å². The van der Waals surface area contributed by atoms with E-state index in [2.05, 4.69) is 15.6 Å². The Kier molecular flexibility index (Phi) is 8.01. The molecule has 2 atom stereocenters. The maximum atomic E-state index is 13.7. The van der Waals surface area contributed by atoms with Gasteiger partial charge in [-0.3, -0.25) is 14.4 Å². The van der Waals surface area contributed by atoms with Crippen LogP contribution in [0.15, 0.2) is 60.7 Å². The highest BCUT2D eigenvalue weighted by atomic mass is 16.5. The van der Waals surface area contributed by atoms with Crippen LogP contribution in [0.4, 0.5) is 0 Å². The summed E-state index contributed by atoms with van der Waals surface area (Å²) in [4.78, 5) is 44.8. The monoisotopic (exact) mass is 598 g/mol. The first-order valence-electron chi connectivity index (χ1n) is 14.4. The minimum absolute atomic E-state index is 0.0662. The summed E-state index contributed by atoms with van der Waals surface area (Å²) in [6, 6.07) is 17.5. The number of carbonyl (C=O) groups is 3. The highest BCUT2D eigenvalue weighted by molar-refractivity contribution is 5.95. The van der Waals surface area contributed by atoms with Crippen molar-refractivity contribution in [2.75, 3.05) is 33.9 Å². The van der Waals surface area contributed by atoms with Gasteiger partial charge in [-0.25, -0.2) is 0 Å². The topological polar surface area (TPSA) is 131 Å². The lowest BCUT2D eigenvalue weighted by Crippen LogP contribution is -2.45. The Morgan fingerprint density at radius 2 is 1.80 bits per heavy atom. The van der Waals surface area contributed by atoms with Crippen LogP contribution in [0, 0.1) is 6.92 Å². The number of para-hydroxylation sites is 1. The number of ether oxygens (including phenoxy) is 4. The van der Waals surface area contributed by atoms with Gasteiger partial charge < -0.3 is 39.5 Å². The number of rotatable bonds is 4. The molecule has 0 radical (unpaired) electrons. The largest absolute Gasteiger partial charge is 0.493 e. The molecule has 4 heterocycles. The van der Waals surface area contributed by atoms with Crippen LogP contribution < -0.4 is 29.6 Å². The molecule has 3 aromatic carbocycles. The molecule has 3 aliphatic rings. The number of nitrogens with one attached hydrogen (secondary N) is 3. The Labute approximate surface area is 254 Å².